The fraction of sp³-hybridized carbons (Fsp3) is 0.917. The minimum Gasteiger partial charge on any atom is -0.0625 e. The highest BCUT2D eigenvalue weighted by molar-refractivity contribution is 4.67. The largest absolute Gasteiger partial charge is 0.0625 e. The van der Waals surface area contributed by atoms with Gasteiger partial charge in [0.1, 0.15) is 0 Å². The van der Waals surface area contributed by atoms with Crippen molar-refractivity contribution in [2.24, 2.45) is 11.8 Å². The first-order chi connectivity index (χ1) is 5.79. The van der Waals surface area contributed by atoms with Gasteiger partial charge in [-0.05, 0) is 18.3 Å². The van der Waals surface area contributed by atoms with Gasteiger partial charge in [0.15, 0.2) is 0 Å². The van der Waals surface area contributed by atoms with Gasteiger partial charge in [-0.25, -0.2) is 0 Å². The summed E-state index contributed by atoms with van der Waals surface area (Å²) in [5, 5.41) is 0. The monoisotopic (exact) mass is 167 g/mol. The van der Waals surface area contributed by atoms with Crippen molar-refractivity contribution in [3.05, 3.63) is 6.92 Å². The molecule has 0 aromatic carbocycles. The van der Waals surface area contributed by atoms with Gasteiger partial charge in [0.05, 0.1) is 0 Å². The van der Waals surface area contributed by atoms with Gasteiger partial charge in [0.25, 0.3) is 0 Å². The average Bonchev–Trinajstić information content (AvgIpc) is 1.93. The molecule has 1 atom stereocenters. The van der Waals surface area contributed by atoms with Crippen LogP contribution in [0.2, 0.25) is 0 Å². The second kappa shape index (κ2) is 5.61. The first-order valence-corrected chi connectivity index (χ1v) is 5.62. The van der Waals surface area contributed by atoms with Crippen molar-refractivity contribution in [2.45, 2.75) is 58.3 Å². The maximum absolute atomic E-state index is 4.09. The average molecular weight is 167 g/mol. The molecule has 0 heteroatoms. The molecule has 1 saturated carbocycles. The molecule has 1 aliphatic carbocycles. The van der Waals surface area contributed by atoms with Crippen LogP contribution in [-0.4, -0.2) is 0 Å². The molecule has 1 rings (SSSR count). The van der Waals surface area contributed by atoms with E-state index in [2.05, 4.69) is 13.8 Å². The predicted octanol–water partition coefficient (Wildman–Crippen LogP) is 4.21. The maximum atomic E-state index is 4.09. The van der Waals surface area contributed by atoms with Crippen LogP contribution >= 0.6 is 0 Å². The summed E-state index contributed by atoms with van der Waals surface area (Å²) in [6.45, 7) is 6.34. The molecular weight excluding hydrogens is 144 g/mol. The molecule has 0 heterocycles. The Morgan fingerprint density at radius 1 is 1.08 bits per heavy atom. The molecule has 12 heavy (non-hydrogen) atoms. The van der Waals surface area contributed by atoms with Gasteiger partial charge in [-0.3, -0.25) is 0 Å². The molecule has 0 N–H and O–H groups in total. The van der Waals surface area contributed by atoms with Gasteiger partial charge in [-0.2, -0.15) is 0 Å². The second-order valence-corrected chi connectivity index (χ2v) is 4.55. The van der Waals surface area contributed by atoms with Crippen LogP contribution in [0.25, 0.3) is 0 Å². The van der Waals surface area contributed by atoms with Crippen LogP contribution in [0, 0.1) is 18.8 Å². The molecule has 0 spiro atoms. The van der Waals surface area contributed by atoms with Crippen molar-refractivity contribution in [3.63, 3.8) is 0 Å². The second-order valence-electron chi connectivity index (χ2n) is 4.55. The Hall–Kier alpha value is 0. The topological polar surface area (TPSA) is 0 Å². The van der Waals surface area contributed by atoms with E-state index in [-0.39, 0.29) is 0 Å². The molecule has 1 fully saturated rings. The Morgan fingerprint density at radius 2 is 1.58 bits per heavy atom. The third-order valence-electron chi connectivity index (χ3n) is 2.96. The van der Waals surface area contributed by atoms with Crippen LogP contribution in [-0.2, 0) is 0 Å². The maximum Gasteiger partial charge on any atom is -0.0412 e. The van der Waals surface area contributed by atoms with Crippen molar-refractivity contribution in [2.75, 3.05) is 0 Å². The van der Waals surface area contributed by atoms with E-state index in [4.69, 9.17) is 0 Å². The molecule has 1 radical (unpaired) electrons. The standard InChI is InChI=1S/C12H23/c1-11(2)10-12-8-6-4-3-5-7-9-12/h11-12H,1,3-10H2,2H3. The van der Waals surface area contributed by atoms with Gasteiger partial charge in [0.2, 0.25) is 0 Å². The molecule has 1 aliphatic rings. The van der Waals surface area contributed by atoms with E-state index in [0.29, 0.717) is 5.92 Å². The van der Waals surface area contributed by atoms with Gasteiger partial charge in [-0.15, -0.1) is 0 Å². The number of hydrogen-bond donors (Lipinski definition) is 0. The van der Waals surface area contributed by atoms with Crippen LogP contribution < -0.4 is 0 Å². The lowest BCUT2D eigenvalue weighted by Crippen LogP contribution is -2.06. The quantitative estimate of drug-likeness (QED) is 0.578. The minimum atomic E-state index is 0.662. The summed E-state index contributed by atoms with van der Waals surface area (Å²) < 4.78 is 0. The molecule has 0 aliphatic heterocycles. The summed E-state index contributed by atoms with van der Waals surface area (Å²) in [6, 6.07) is 0. The molecule has 0 aromatic heterocycles. The van der Waals surface area contributed by atoms with E-state index in [1.807, 2.05) is 0 Å². The predicted molar refractivity (Wildman–Crippen MR) is 54.9 cm³/mol. The molecule has 1 unspecified atom stereocenters. The summed E-state index contributed by atoms with van der Waals surface area (Å²) >= 11 is 0. The van der Waals surface area contributed by atoms with E-state index >= 15 is 0 Å². The third kappa shape index (κ3) is 4.13. The zero-order valence-corrected chi connectivity index (χ0v) is 8.52. The van der Waals surface area contributed by atoms with Gasteiger partial charge < -0.3 is 0 Å². The molecule has 0 saturated heterocycles. The van der Waals surface area contributed by atoms with Crippen LogP contribution in [0.4, 0.5) is 0 Å². The lowest BCUT2D eigenvalue weighted by molar-refractivity contribution is 0.333. The van der Waals surface area contributed by atoms with Gasteiger partial charge in [0, 0.05) is 0 Å². The van der Waals surface area contributed by atoms with Crippen molar-refractivity contribution in [1.29, 1.82) is 0 Å². The lowest BCUT2D eigenvalue weighted by atomic mass is 9.85. The highest BCUT2D eigenvalue weighted by Gasteiger charge is 2.12. The van der Waals surface area contributed by atoms with Crippen LogP contribution in [0.1, 0.15) is 58.3 Å². The fourth-order valence-electron chi connectivity index (χ4n) is 2.35. The summed E-state index contributed by atoms with van der Waals surface area (Å²) in [5.41, 5.74) is 0. The Bertz CT molecular complexity index is 96.6. The van der Waals surface area contributed by atoms with Crippen LogP contribution in [0.3, 0.4) is 0 Å². The summed E-state index contributed by atoms with van der Waals surface area (Å²) in [7, 11) is 0. The number of rotatable bonds is 2. The zero-order chi connectivity index (χ0) is 8.81. The summed E-state index contributed by atoms with van der Waals surface area (Å²) in [4.78, 5) is 0. The van der Waals surface area contributed by atoms with E-state index in [1.54, 1.807) is 0 Å². The van der Waals surface area contributed by atoms with E-state index in [9.17, 15) is 0 Å². The van der Waals surface area contributed by atoms with Crippen LogP contribution in [0.15, 0.2) is 0 Å². The Balaban J connectivity index is 2.20. The van der Waals surface area contributed by atoms with Crippen molar-refractivity contribution >= 4 is 0 Å². The highest BCUT2D eigenvalue weighted by atomic mass is 14.2. The minimum absolute atomic E-state index is 0.662. The smallest absolute Gasteiger partial charge is 0.0412 e. The molecular formula is C12H23. The summed E-state index contributed by atoms with van der Waals surface area (Å²) in [5.74, 6) is 1.66. The van der Waals surface area contributed by atoms with Crippen molar-refractivity contribution in [1.82, 2.24) is 0 Å². The molecule has 0 aromatic rings. The Kier molecular flexibility index (Phi) is 4.72. The summed E-state index contributed by atoms with van der Waals surface area (Å²) in [6.07, 6.45) is 11.7. The first-order valence-electron chi connectivity index (χ1n) is 5.62. The molecule has 0 bridgehead atoms. The SMILES string of the molecule is [CH2]C(C)CC1CCCCCCC1. The number of hydrogen-bond acceptors (Lipinski definition) is 0. The molecule has 0 amide bonds. The van der Waals surface area contributed by atoms with Crippen molar-refractivity contribution < 1.29 is 0 Å². The highest BCUT2D eigenvalue weighted by Crippen LogP contribution is 2.26. The Morgan fingerprint density at radius 3 is 2.08 bits per heavy atom. The van der Waals surface area contributed by atoms with E-state index < -0.39 is 0 Å². The molecule has 0 nitrogen and oxygen atoms in total. The lowest BCUT2D eigenvalue weighted by Gasteiger charge is -2.20. The van der Waals surface area contributed by atoms with Crippen LogP contribution in [0.5, 0.6) is 0 Å². The first kappa shape index (κ1) is 10.1. The molecule has 71 valence electrons. The fourth-order valence-corrected chi connectivity index (χ4v) is 2.35. The van der Waals surface area contributed by atoms with Gasteiger partial charge >= 0.3 is 0 Å². The normalized spacial score (nSPS) is 22.2. The third-order valence-corrected chi connectivity index (χ3v) is 2.96. The zero-order valence-electron chi connectivity index (χ0n) is 8.52. The van der Waals surface area contributed by atoms with Crippen molar-refractivity contribution in [3.8, 4) is 0 Å². The van der Waals surface area contributed by atoms with E-state index in [0.717, 1.165) is 5.92 Å². The van der Waals surface area contributed by atoms with E-state index in [1.165, 1.54) is 51.4 Å². The van der Waals surface area contributed by atoms with Gasteiger partial charge in [-0.1, -0.05) is 58.8 Å². The Labute approximate surface area is 77.7 Å².